The van der Waals surface area contributed by atoms with Crippen molar-refractivity contribution >= 4 is 19.7 Å². The van der Waals surface area contributed by atoms with Crippen molar-refractivity contribution in [3.05, 3.63) is 69.9 Å². The van der Waals surface area contributed by atoms with E-state index in [1.807, 2.05) is 24.2 Å². The Bertz CT molecular complexity index is 718. The Morgan fingerprint density at radius 3 is 1.77 bits per heavy atom. The molecule has 0 atom stereocenters. The number of halogens is 1. The van der Waals surface area contributed by atoms with E-state index in [0.29, 0.717) is 5.92 Å². The molecule has 0 bridgehead atoms. The molecule has 0 saturated heterocycles. The molecule has 0 spiro atoms. The summed E-state index contributed by atoms with van der Waals surface area (Å²) >= 11 is 1.82. The number of nitrogens with zero attached hydrogens (tertiary/aromatic N) is 1. The number of hydrogen-bond donors (Lipinski definition) is 1. The van der Waals surface area contributed by atoms with Crippen LogP contribution in [0.1, 0.15) is 36.5 Å². The van der Waals surface area contributed by atoms with E-state index in [-0.39, 0.29) is 18.0 Å². The molecule has 0 heterocycles. The minimum atomic E-state index is -3.49. The molecular weight excluding hydrogens is 457 g/mol. The Morgan fingerprint density at radius 1 is 0.962 bits per heavy atom. The standard InChI is InChI=1S/C10H14.C9H13N2O2S.ClH.Ru/c1-8(2)10-6-4-9(3)5-7-10;1-8-2-4-9(5-3-8)14(12,13)11-7-6-10;;/h4-8H,1-3H3;2-5H,6-7,10H2,1H3;1H;/q;-1;;+2/p-1. The van der Waals surface area contributed by atoms with Gasteiger partial charge in [-0.2, -0.15) is 0 Å². The molecule has 2 rings (SSSR count). The summed E-state index contributed by atoms with van der Waals surface area (Å²) in [7, 11) is 1.07. The molecule has 0 saturated carbocycles. The first-order chi connectivity index (χ1) is 12.3. The molecule has 0 aromatic heterocycles. The molecule has 0 aliphatic carbocycles. The van der Waals surface area contributed by atoms with Gasteiger partial charge in [0.05, 0.1) is 0 Å². The second kappa shape index (κ2) is 13.4. The Hall–Kier alpha value is -0.777. The fraction of sp³-hybridized carbons (Fsp3) is 0.368. The molecule has 4 nitrogen and oxygen atoms in total. The van der Waals surface area contributed by atoms with Gasteiger partial charge in [-0.25, -0.2) is 8.42 Å². The maximum absolute atomic E-state index is 11.5. The van der Waals surface area contributed by atoms with Crippen molar-refractivity contribution in [3.63, 3.8) is 0 Å². The molecule has 7 heteroatoms. The number of benzene rings is 2. The Morgan fingerprint density at radius 2 is 1.38 bits per heavy atom. The van der Waals surface area contributed by atoms with Crippen LogP contribution in [0, 0.1) is 13.8 Å². The van der Waals surface area contributed by atoms with Gasteiger partial charge < -0.3 is 10.5 Å². The second-order valence-electron chi connectivity index (χ2n) is 5.99. The van der Waals surface area contributed by atoms with Crippen molar-refractivity contribution in [2.24, 2.45) is 5.73 Å². The number of nitrogens with two attached hydrogens (primary N) is 1. The number of sulfonamides is 1. The van der Waals surface area contributed by atoms with E-state index in [0.717, 1.165) is 5.56 Å². The predicted molar refractivity (Wildman–Crippen MR) is 107 cm³/mol. The van der Waals surface area contributed by atoms with Crippen molar-refractivity contribution in [3.8, 4) is 0 Å². The molecule has 2 aromatic carbocycles. The number of rotatable bonds is 5. The molecule has 0 unspecified atom stereocenters. The fourth-order valence-corrected chi connectivity index (χ4v) is 2.88. The van der Waals surface area contributed by atoms with Gasteiger partial charge in [-0.15, -0.1) is 6.54 Å². The predicted octanol–water partition coefficient (Wildman–Crippen LogP) is 4.82. The summed E-state index contributed by atoms with van der Waals surface area (Å²) in [5.74, 6) is 0.653. The van der Waals surface area contributed by atoms with Crippen LogP contribution in [0.5, 0.6) is 0 Å². The SMILES string of the molecule is Cc1ccc(C(C)C)cc1.Cc1ccc(S(=O)(=O)[N-]CCN)cc1.[Cl][Ru+]. The third kappa shape index (κ3) is 9.79. The van der Waals surface area contributed by atoms with Gasteiger partial charge in [-0.05, 0) is 44.0 Å². The Balaban J connectivity index is 0.000000458. The molecule has 2 aromatic rings. The second-order valence-corrected chi connectivity index (χ2v) is 7.67. The first kappa shape index (κ1) is 25.2. The van der Waals surface area contributed by atoms with Crippen LogP contribution in [0.3, 0.4) is 0 Å². The van der Waals surface area contributed by atoms with Gasteiger partial charge in [-0.3, -0.25) is 0 Å². The van der Waals surface area contributed by atoms with E-state index in [4.69, 9.17) is 5.73 Å². The quantitative estimate of drug-likeness (QED) is 0.619. The van der Waals surface area contributed by atoms with Crippen molar-refractivity contribution in [2.75, 3.05) is 13.1 Å². The van der Waals surface area contributed by atoms with E-state index in [1.54, 1.807) is 24.3 Å². The number of hydrogen-bond acceptors (Lipinski definition) is 3. The average molecular weight is 484 g/mol. The van der Waals surface area contributed by atoms with Gasteiger partial charge in [0.25, 0.3) is 0 Å². The van der Waals surface area contributed by atoms with Crippen molar-refractivity contribution in [1.29, 1.82) is 0 Å². The monoisotopic (exact) mass is 484 g/mol. The summed E-state index contributed by atoms with van der Waals surface area (Å²) in [6.07, 6.45) is 0. The van der Waals surface area contributed by atoms with Crippen LogP contribution in [0.2, 0.25) is 0 Å². The van der Waals surface area contributed by atoms with Gasteiger partial charge in [0.15, 0.2) is 0 Å². The first-order valence-electron chi connectivity index (χ1n) is 8.16. The van der Waals surface area contributed by atoms with Gasteiger partial charge in [0.2, 0.25) is 0 Å². The molecule has 0 amide bonds. The summed E-state index contributed by atoms with van der Waals surface area (Å²) in [5.41, 5.74) is 8.96. The van der Waals surface area contributed by atoms with Crippen molar-refractivity contribution in [1.82, 2.24) is 0 Å². The minimum absolute atomic E-state index is 0.135. The van der Waals surface area contributed by atoms with Gasteiger partial charge in [0.1, 0.15) is 10.0 Å². The van der Waals surface area contributed by atoms with E-state index < -0.39 is 10.0 Å². The molecule has 0 aliphatic heterocycles. The first-order valence-corrected chi connectivity index (χ1v) is 11.8. The summed E-state index contributed by atoms with van der Waals surface area (Å²) in [6.45, 7) is 8.81. The zero-order valence-corrected chi connectivity index (χ0v) is 18.9. The normalized spacial score (nSPS) is 10.5. The molecule has 0 fully saturated rings. The van der Waals surface area contributed by atoms with Gasteiger partial charge >= 0.3 is 27.0 Å². The zero-order chi connectivity index (χ0) is 20.2. The van der Waals surface area contributed by atoms with Crippen LogP contribution in [-0.2, 0) is 27.3 Å². The Labute approximate surface area is 172 Å². The van der Waals surface area contributed by atoms with Gasteiger partial charge in [0, 0.05) is 4.90 Å². The van der Waals surface area contributed by atoms with E-state index in [1.165, 1.54) is 11.1 Å². The molecule has 0 aliphatic rings. The molecule has 0 radical (unpaired) electrons. The van der Waals surface area contributed by atoms with E-state index in [9.17, 15) is 8.42 Å². The van der Waals surface area contributed by atoms with Crippen LogP contribution in [0.25, 0.3) is 4.72 Å². The molecule has 2 N–H and O–H groups in total. The van der Waals surface area contributed by atoms with Crippen molar-refractivity contribution < 1.29 is 25.7 Å². The third-order valence-electron chi connectivity index (χ3n) is 3.45. The van der Waals surface area contributed by atoms with Crippen molar-refractivity contribution in [2.45, 2.75) is 38.5 Å². The third-order valence-corrected chi connectivity index (χ3v) is 4.84. The van der Waals surface area contributed by atoms with Crippen LogP contribution >= 0.6 is 9.69 Å². The van der Waals surface area contributed by atoms with Crippen LogP contribution in [0.4, 0.5) is 0 Å². The molecule has 26 heavy (non-hydrogen) atoms. The average Bonchev–Trinajstić information content (AvgIpc) is 2.63. The summed E-state index contributed by atoms with van der Waals surface area (Å²) in [6, 6.07) is 15.3. The molecule has 146 valence electrons. The fourth-order valence-electron chi connectivity index (χ4n) is 1.91. The van der Waals surface area contributed by atoms with Crippen LogP contribution < -0.4 is 5.73 Å². The van der Waals surface area contributed by atoms with Crippen LogP contribution in [0.15, 0.2) is 53.4 Å². The topological polar surface area (TPSA) is 74.3 Å². The maximum atomic E-state index is 11.5. The zero-order valence-electron chi connectivity index (χ0n) is 15.6. The summed E-state index contributed by atoms with van der Waals surface area (Å²) in [4.78, 5) is 0.219. The number of aryl methyl sites for hydroxylation is 2. The van der Waals surface area contributed by atoms with Gasteiger partial charge in [-0.1, -0.05) is 61.4 Å². The van der Waals surface area contributed by atoms with E-state index >= 15 is 0 Å². The van der Waals surface area contributed by atoms with Crippen LogP contribution in [-0.4, -0.2) is 21.5 Å². The summed E-state index contributed by atoms with van der Waals surface area (Å²) in [5, 5.41) is 0. The molecular formula is C19H27ClN2O2RuS. The van der Waals surface area contributed by atoms with E-state index in [2.05, 4.69) is 59.4 Å². The Kier molecular flexibility index (Phi) is 13.0. The summed E-state index contributed by atoms with van der Waals surface area (Å²) < 4.78 is 26.5.